The summed E-state index contributed by atoms with van der Waals surface area (Å²) in [5.41, 5.74) is 3.33. The summed E-state index contributed by atoms with van der Waals surface area (Å²) in [6.45, 7) is 0. The highest BCUT2D eigenvalue weighted by Crippen LogP contribution is 2.41. The molecular formula is C22H21N3O6S. The van der Waals surface area contributed by atoms with Gasteiger partial charge in [0.05, 0.1) is 26.2 Å². The maximum absolute atomic E-state index is 11.5. The van der Waals surface area contributed by atoms with Crippen LogP contribution in [0.2, 0.25) is 0 Å². The highest BCUT2D eigenvalue weighted by Gasteiger charge is 2.16. The number of rotatable bonds is 7. The fraction of sp³-hybridized carbons (Fsp3) is 0.136. The van der Waals surface area contributed by atoms with Crippen LogP contribution in [0.1, 0.15) is 0 Å². The Balaban J connectivity index is 1.71. The van der Waals surface area contributed by atoms with Gasteiger partial charge in [0, 0.05) is 23.4 Å². The van der Waals surface area contributed by atoms with E-state index >= 15 is 0 Å². The first kappa shape index (κ1) is 21.5. The van der Waals surface area contributed by atoms with Crippen molar-refractivity contribution in [3.05, 3.63) is 54.6 Å². The molecule has 10 heteroatoms. The molecular weight excluding hydrogens is 434 g/mol. The molecule has 4 rings (SSSR count). The minimum absolute atomic E-state index is 0.0377. The Morgan fingerprint density at radius 3 is 2.16 bits per heavy atom. The number of nitrogens with two attached hydrogens (primary N) is 1. The van der Waals surface area contributed by atoms with E-state index in [1.807, 2.05) is 18.2 Å². The van der Waals surface area contributed by atoms with Gasteiger partial charge in [0.15, 0.2) is 17.1 Å². The summed E-state index contributed by atoms with van der Waals surface area (Å²) >= 11 is 0. The van der Waals surface area contributed by atoms with Crippen molar-refractivity contribution in [2.75, 3.05) is 26.6 Å². The SMILES string of the molecule is COc1cc(Nc2nc3cccc(-c4ccc(S(N)(=O)=O)cc4)c3o2)cc(OC)c1OC. The van der Waals surface area contributed by atoms with E-state index in [9.17, 15) is 8.42 Å². The van der Waals surface area contributed by atoms with Crippen LogP contribution in [0.5, 0.6) is 17.2 Å². The molecule has 0 aliphatic carbocycles. The molecule has 0 atom stereocenters. The number of hydrogen-bond acceptors (Lipinski definition) is 8. The lowest BCUT2D eigenvalue weighted by Gasteiger charge is -2.14. The molecule has 3 aromatic carbocycles. The molecule has 0 saturated heterocycles. The first-order valence-electron chi connectivity index (χ1n) is 9.44. The van der Waals surface area contributed by atoms with Crippen LogP contribution in [0.3, 0.4) is 0 Å². The normalized spacial score (nSPS) is 11.4. The number of sulfonamides is 1. The van der Waals surface area contributed by atoms with Crippen LogP contribution in [-0.2, 0) is 10.0 Å². The summed E-state index contributed by atoms with van der Waals surface area (Å²) < 4.78 is 45.1. The number of nitrogens with one attached hydrogen (secondary N) is 1. The molecule has 166 valence electrons. The van der Waals surface area contributed by atoms with Crippen LogP contribution in [0.15, 0.2) is 63.9 Å². The van der Waals surface area contributed by atoms with Crippen molar-refractivity contribution in [2.45, 2.75) is 4.90 Å². The number of benzene rings is 3. The van der Waals surface area contributed by atoms with Gasteiger partial charge in [-0.05, 0) is 23.8 Å². The Hall–Kier alpha value is -3.76. The monoisotopic (exact) mass is 455 g/mol. The van der Waals surface area contributed by atoms with Crippen LogP contribution in [0, 0.1) is 0 Å². The number of oxazole rings is 1. The molecule has 0 fully saturated rings. The number of nitrogens with zero attached hydrogens (tertiary/aromatic N) is 1. The van der Waals surface area contributed by atoms with E-state index < -0.39 is 10.0 Å². The summed E-state index contributed by atoms with van der Waals surface area (Å²) in [7, 11) is 0.838. The Bertz CT molecular complexity index is 1360. The van der Waals surface area contributed by atoms with E-state index in [4.69, 9.17) is 23.8 Å². The number of ether oxygens (including phenoxy) is 3. The third-order valence-corrected chi connectivity index (χ3v) is 5.75. The fourth-order valence-electron chi connectivity index (χ4n) is 3.33. The maximum atomic E-state index is 11.5. The van der Waals surface area contributed by atoms with Gasteiger partial charge in [-0.3, -0.25) is 0 Å². The topological polar surface area (TPSA) is 126 Å². The molecule has 1 heterocycles. The predicted octanol–water partition coefficient (Wildman–Crippen LogP) is 3.91. The van der Waals surface area contributed by atoms with Gasteiger partial charge in [0.25, 0.3) is 6.01 Å². The summed E-state index contributed by atoms with van der Waals surface area (Å²) in [5, 5.41) is 8.29. The summed E-state index contributed by atoms with van der Waals surface area (Å²) in [5.74, 6) is 1.45. The first-order valence-corrected chi connectivity index (χ1v) is 11.0. The number of methoxy groups -OCH3 is 3. The number of hydrogen-bond donors (Lipinski definition) is 2. The van der Waals surface area contributed by atoms with Crippen LogP contribution < -0.4 is 24.7 Å². The third-order valence-electron chi connectivity index (χ3n) is 4.82. The van der Waals surface area contributed by atoms with Crippen molar-refractivity contribution in [3.63, 3.8) is 0 Å². The highest BCUT2D eigenvalue weighted by molar-refractivity contribution is 7.89. The lowest BCUT2D eigenvalue weighted by atomic mass is 10.1. The van der Waals surface area contributed by atoms with E-state index in [-0.39, 0.29) is 10.9 Å². The van der Waals surface area contributed by atoms with Crippen LogP contribution in [-0.4, -0.2) is 34.7 Å². The van der Waals surface area contributed by atoms with Crippen LogP contribution in [0.4, 0.5) is 11.7 Å². The quantitative estimate of drug-likeness (QED) is 0.430. The molecule has 0 aliphatic heterocycles. The van der Waals surface area contributed by atoms with Gasteiger partial charge in [0.1, 0.15) is 5.52 Å². The van der Waals surface area contributed by atoms with Crippen molar-refractivity contribution >= 4 is 32.8 Å². The minimum atomic E-state index is -3.77. The number of para-hydroxylation sites is 1. The smallest absolute Gasteiger partial charge is 0.300 e. The molecule has 0 bridgehead atoms. The van der Waals surface area contributed by atoms with E-state index in [0.29, 0.717) is 34.0 Å². The van der Waals surface area contributed by atoms with Gasteiger partial charge in [0.2, 0.25) is 15.8 Å². The highest BCUT2D eigenvalue weighted by atomic mass is 32.2. The molecule has 4 aromatic rings. The fourth-order valence-corrected chi connectivity index (χ4v) is 3.85. The average molecular weight is 455 g/mol. The molecule has 0 aliphatic rings. The second kappa shape index (κ2) is 8.40. The molecule has 0 spiro atoms. The van der Waals surface area contributed by atoms with Gasteiger partial charge < -0.3 is 23.9 Å². The standard InChI is InChI=1S/C22H21N3O6S/c1-28-18-11-14(12-19(29-2)21(18)30-3)24-22-25-17-6-4-5-16(20(17)31-22)13-7-9-15(10-8-13)32(23,26)27/h4-12H,1-3H3,(H,24,25)(H2,23,26,27). The lowest BCUT2D eigenvalue weighted by molar-refractivity contribution is 0.324. The zero-order valence-electron chi connectivity index (χ0n) is 17.6. The van der Waals surface area contributed by atoms with Crippen molar-refractivity contribution in [3.8, 4) is 28.4 Å². The minimum Gasteiger partial charge on any atom is -0.493 e. The Labute approximate surface area is 184 Å². The van der Waals surface area contributed by atoms with Gasteiger partial charge in [-0.2, -0.15) is 4.98 Å². The number of anilines is 2. The first-order chi connectivity index (χ1) is 15.3. The van der Waals surface area contributed by atoms with E-state index in [1.165, 1.54) is 33.5 Å². The molecule has 0 amide bonds. The second-order valence-corrected chi connectivity index (χ2v) is 8.34. The third kappa shape index (κ3) is 4.05. The number of fused-ring (bicyclic) bond motifs is 1. The van der Waals surface area contributed by atoms with Gasteiger partial charge in [-0.15, -0.1) is 0 Å². The largest absolute Gasteiger partial charge is 0.493 e. The number of aromatic nitrogens is 1. The molecule has 0 saturated carbocycles. The summed E-state index contributed by atoms with van der Waals surface area (Å²) in [4.78, 5) is 4.54. The van der Waals surface area contributed by atoms with Crippen LogP contribution in [0.25, 0.3) is 22.2 Å². The van der Waals surface area contributed by atoms with Crippen LogP contribution >= 0.6 is 0 Å². The van der Waals surface area contributed by atoms with E-state index in [0.717, 1.165) is 11.1 Å². The number of primary sulfonamides is 1. The molecule has 9 nitrogen and oxygen atoms in total. The summed E-state index contributed by atoms with van der Waals surface area (Å²) in [6.07, 6.45) is 0. The van der Waals surface area contributed by atoms with Crippen molar-refractivity contribution in [2.24, 2.45) is 5.14 Å². The zero-order valence-corrected chi connectivity index (χ0v) is 18.4. The molecule has 1 aromatic heterocycles. The van der Waals surface area contributed by atoms with Gasteiger partial charge in [-0.1, -0.05) is 24.3 Å². The molecule has 3 N–H and O–H groups in total. The van der Waals surface area contributed by atoms with Crippen molar-refractivity contribution in [1.29, 1.82) is 0 Å². The molecule has 32 heavy (non-hydrogen) atoms. The summed E-state index contributed by atoms with van der Waals surface area (Å²) in [6, 6.07) is 15.5. The molecule has 0 unspecified atom stereocenters. The Kier molecular flexibility index (Phi) is 5.64. The van der Waals surface area contributed by atoms with E-state index in [2.05, 4.69) is 10.3 Å². The van der Waals surface area contributed by atoms with Gasteiger partial charge in [-0.25, -0.2) is 13.6 Å². The van der Waals surface area contributed by atoms with Crippen molar-refractivity contribution < 1.29 is 27.0 Å². The predicted molar refractivity (Wildman–Crippen MR) is 120 cm³/mol. The Morgan fingerprint density at radius 2 is 1.59 bits per heavy atom. The average Bonchev–Trinajstić information content (AvgIpc) is 3.20. The molecule has 0 radical (unpaired) electrons. The van der Waals surface area contributed by atoms with E-state index in [1.54, 1.807) is 24.3 Å². The van der Waals surface area contributed by atoms with Crippen molar-refractivity contribution in [1.82, 2.24) is 4.98 Å². The Morgan fingerprint density at radius 1 is 0.938 bits per heavy atom. The second-order valence-electron chi connectivity index (χ2n) is 6.78. The maximum Gasteiger partial charge on any atom is 0.300 e. The zero-order chi connectivity index (χ0) is 22.9. The lowest BCUT2D eigenvalue weighted by Crippen LogP contribution is -2.11. The van der Waals surface area contributed by atoms with Gasteiger partial charge >= 0.3 is 0 Å².